The van der Waals surface area contributed by atoms with Crippen LogP contribution in [0.4, 0.5) is 11.4 Å². The van der Waals surface area contributed by atoms with Crippen molar-refractivity contribution >= 4 is 17.3 Å². The molecule has 5 heteroatoms. The molecule has 1 atom stereocenters. The molecule has 0 aromatic heterocycles. The second-order valence-corrected chi connectivity index (χ2v) is 5.38. The molecule has 1 aliphatic rings. The molecule has 21 heavy (non-hydrogen) atoms. The van der Waals surface area contributed by atoms with Crippen molar-refractivity contribution in [2.75, 3.05) is 30.4 Å². The van der Waals surface area contributed by atoms with Crippen molar-refractivity contribution in [2.24, 2.45) is 0 Å². The number of aliphatic hydroxyl groups is 1. The zero-order chi connectivity index (χ0) is 15.2. The van der Waals surface area contributed by atoms with Gasteiger partial charge in [-0.05, 0) is 38.0 Å². The summed E-state index contributed by atoms with van der Waals surface area (Å²) in [6, 6.07) is 5.35. The Hall–Kier alpha value is -1.75. The average Bonchev–Trinajstić information content (AvgIpc) is 2.72. The number of esters is 1. The number of rotatable bonds is 4. The Morgan fingerprint density at radius 2 is 2.24 bits per heavy atom. The minimum atomic E-state index is -0.360. The number of anilines is 2. The summed E-state index contributed by atoms with van der Waals surface area (Å²) in [5, 5.41) is 9.65. The smallest absolute Gasteiger partial charge is 0.340 e. The van der Waals surface area contributed by atoms with Crippen molar-refractivity contribution in [1.29, 1.82) is 0 Å². The van der Waals surface area contributed by atoms with E-state index in [4.69, 9.17) is 10.5 Å². The molecular formula is C16H24N2O3. The van der Waals surface area contributed by atoms with Crippen molar-refractivity contribution in [3.63, 3.8) is 0 Å². The van der Waals surface area contributed by atoms with Crippen LogP contribution in [-0.2, 0) is 4.74 Å². The number of ether oxygens (including phenoxy) is 1. The number of hydrogen-bond donors (Lipinski definition) is 2. The molecule has 0 spiro atoms. The van der Waals surface area contributed by atoms with Crippen LogP contribution in [0.1, 0.15) is 43.0 Å². The molecule has 1 aliphatic heterocycles. The molecule has 116 valence electrons. The van der Waals surface area contributed by atoms with E-state index in [1.807, 2.05) is 6.07 Å². The van der Waals surface area contributed by atoms with Crippen LogP contribution in [0.15, 0.2) is 18.2 Å². The number of nitrogens with two attached hydrogens (primary N) is 1. The summed E-state index contributed by atoms with van der Waals surface area (Å²) in [6.45, 7) is 3.04. The average molecular weight is 292 g/mol. The lowest BCUT2D eigenvalue weighted by atomic mass is 10.1. The van der Waals surface area contributed by atoms with Gasteiger partial charge in [-0.25, -0.2) is 4.79 Å². The molecule has 0 amide bonds. The molecule has 0 saturated carbocycles. The van der Waals surface area contributed by atoms with E-state index >= 15 is 0 Å². The lowest BCUT2D eigenvalue weighted by Gasteiger charge is -2.32. The minimum Gasteiger partial charge on any atom is -0.462 e. The third-order valence-electron chi connectivity index (χ3n) is 3.91. The van der Waals surface area contributed by atoms with Gasteiger partial charge in [0.1, 0.15) is 0 Å². The Labute approximate surface area is 125 Å². The molecule has 1 fully saturated rings. The highest BCUT2D eigenvalue weighted by Crippen LogP contribution is 2.29. The molecular weight excluding hydrogens is 268 g/mol. The van der Waals surface area contributed by atoms with Gasteiger partial charge in [0.05, 0.1) is 30.5 Å². The summed E-state index contributed by atoms with van der Waals surface area (Å²) in [4.78, 5) is 14.3. The quantitative estimate of drug-likeness (QED) is 0.657. The van der Waals surface area contributed by atoms with Crippen molar-refractivity contribution in [1.82, 2.24) is 0 Å². The molecule has 5 nitrogen and oxygen atoms in total. The van der Waals surface area contributed by atoms with E-state index in [1.54, 1.807) is 19.1 Å². The van der Waals surface area contributed by atoms with Gasteiger partial charge < -0.3 is 20.5 Å². The van der Waals surface area contributed by atoms with Gasteiger partial charge in [0.2, 0.25) is 0 Å². The zero-order valence-electron chi connectivity index (χ0n) is 12.5. The predicted molar refractivity (Wildman–Crippen MR) is 83.5 cm³/mol. The van der Waals surface area contributed by atoms with E-state index in [0.717, 1.165) is 37.9 Å². The third-order valence-corrected chi connectivity index (χ3v) is 3.91. The standard InChI is InChI=1S/C16H24N2O3/c1-2-21-16(20)14-10-12(17)7-8-15(14)18-9-5-3-4-6-13(18)11-19/h7-8,10,13,19H,2-6,9,11,17H2,1H3. The van der Waals surface area contributed by atoms with Crippen molar-refractivity contribution in [3.05, 3.63) is 23.8 Å². The molecule has 1 heterocycles. The largest absolute Gasteiger partial charge is 0.462 e. The van der Waals surface area contributed by atoms with Crippen LogP contribution in [0.2, 0.25) is 0 Å². The summed E-state index contributed by atoms with van der Waals surface area (Å²) < 4.78 is 5.13. The highest BCUT2D eigenvalue weighted by Gasteiger charge is 2.25. The number of hydrogen-bond acceptors (Lipinski definition) is 5. The Bertz CT molecular complexity index is 490. The van der Waals surface area contributed by atoms with E-state index in [2.05, 4.69) is 4.90 Å². The van der Waals surface area contributed by atoms with Crippen LogP contribution in [0, 0.1) is 0 Å². The van der Waals surface area contributed by atoms with Gasteiger partial charge >= 0.3 is 5.97 Å². The molecule has 1 saturated heterocycles. The lowest BCUT2D eigenvalue weighted by molar-refractivity contribution is 0.0527. The summed E-state index contributed by atoms with van der Waals surface area (Å²) >= 11 is 0. The molecule has 0 aliphatic carbocycles. The molecule has 1 unspecified atom stereocenters. The minimum absolute atomic E-state index is 0.0456. The van der Waals surface area contributed by atoms with Crippen LogP contribution in [-0.4, -0.2) is 36.9 Å². The fraction of sp³-hybridized carbons (Fsp3) is 0.562. The van der Waals surface area contributed by atoms with Crippen molar-refractivity contribution < 1.29 is 14.6 Å². The number of carbonyl (C=O) groups is 1. The first-order valence-corrected chi connectivity index (χ1v) is 7.61. The number of nitrogen functional groups attached to an aromatic ring is 1. The van der Waals surface area contributed by atoms with Gasteiger partial charge in [-0.3, -0.25) is 0 Å². The third kappa shape index (κ3) is 3.67. The molecule has 3 N–H and O–H groups in total. The van der Waals surface area contributed by atoms with E-state index in [-0.39, 0.29) is 18.6 Å². The second-order valence-electron chi connectivity index (χ2n) is 5.38. The van der Waals surface area contributed by atoms with Crippen LogP contribution >= 0.6 is 0 Å². The van der Waals surface area contributed by atoms with Gasteiger partial charge in [0.15, 0.2) is 0 Å². The van der Waals surface area contributed by atoms with Crippen LogP contribution in [0.25, 0.3) is 0 Å². The maximum Gasteiger partial charge on any atom is 0.340 e. The monoisotopic (exact) mass is 292 g/mol. The first-order chi connectivity index (χ1) is 10.2. The van der Waals surface area contributed by atoms with E-state index < -0.39 is 0 Å². The van der Waals surface area contributed by atoms with Gasteiger partial charge in [0.25, 0.3) is 0 Å². The van der Waals surface area contributed by atoms with Crippen molar-refractivity contribution in [3.8, 4) is 0 Å². The maximum absolute atomic E-state index is 12.2. The van der Waals surface area contributed by atoms with Crippen LogP contribution in [0.3, 0.4) is 0 Å². The molecule has 0 bridgehead atoms. The summed E-state index contributed by atoms with van der Waals surface area (Å²) in [6.07, 6.45) is 4.24. The SMILES string of the molecule is CCOC(=O)c1cc(N)ccc1N1CCCCCC1CO. The number of nitrogens with zero attached hydrogens (tertiary/aromatic N) is 1. The van der Waals surface area contributed by atoms with Gasteiger partial charge in [-0.15, -0.1) is 0 Å². The molecule has 2 rings (SSSR count). The van der Waals surface area contributed by atoms with Gasteiger partial charge in [-0.2, -0.15) is 0 Å². The second kappa shape index (κ2) is 7.31. The van der Waals surface area contributed by atoms with Crippen molar-refractivity contribution in [2.45, 2.75) is 38.6 Å². The van der Waals surface area contributed by atoms with E-state index in [1.165, 1.54) is 0 Å². The van der Waals surface area contributed by atoms with Crippen LogP contribution < -0.4 is 10.6 Å². The Balaban J connectivity index is 2.38. The summed E-state index contributed by atoms with van der Waals surface area (Å²) in [5.41, 5.74) is 7.64. The van der Waals surface area contributed by atoms with Gasteiger partial charge in [0, 0.05) is 12.2 Å². The number of benzene rings is 1. The first-order valence-electron chi connectivity index (χ1n) is 7.61. The lowest BCUT2D eigenvalue weighted by Crippen LogP contribution is -2.38. The van der Waals surface area contributed by atoms with E-state index in [9.17, 15) is 9.90 Å². The van der Waals surface area contributed by atoms with Gasteiger partial charge in [-0.1, -0.05) is 12.8 Å². The fourth-order valence-corrected chi connectivity index (χ4v) is 2.86. The summed E-state index contributed by atoms with van der Waals surface area (Å²) in [5.74, 6) is -0.360. The topological polar surface area (TPSA) is 75.8 Å². The normalized spacial score (nSPS) is 19.1. The predicted octanol–water partition coefficient (Wildman–Crippen LogP) is 2.19. The van der Waals surface area contributed by atoms with E-state index in [0.29, 0.717) is 17.9 Å². The Morgan fingerprint density at radius 3 is 2.95 bits per heavy atom. The first kappa shape index (κ1) is 15.6. The number of carbonyl (C=O) groups excluding carboxylic acids is 1. The highest BCUT2D eigenvalue weighted by molar-refractivity contribution is 5.97. The molecule has 1 aromatic carbocycles. The maximum atomic E-state index is 12.2. The Kier molecular flexibility index (Phi) is 5.44. The highest BCUT2D eigenvalue weighted by atomic mass is 16.5. The zero-order valence-corrected chi connectivity index (χ0v) is 12.5. The summed E-state index contributed by atoms with van der Waals surface area (Å²) in [7, 11) is 0. The molecule has 0 radical (unpaired) electrons. The molecule has 1 aromatic rings. The number of aliphatic hydroxyl groups excluding tert-OH is 1. The van der Waals surface area contributed by atoms with Crippen LogP contribution in [0.5, 0.6) is 0 Å². The Morgan fingerprint density at radius 1 is 1.43 bits per heavy atom. The fourth-order valence-electron chi connectivity index (χ4n) is 2.86.